The van der Waals surface area contributed by atoms with Gasteiger partial charge in [-0.05, 0) is 19.1 Å². The van der Waals surface area contributed by atoms with E-state index in [1.807, 2.05) is 11.8 Å². The Morgan fingerprint density at radius 1 is 1.46 bits per heavy atom. The normalized spacial score (nSPS) is 31.6. The van der Waals surface area contributed by atoms with Crippen LogP contribution in [0.25, 0.3) is 0 Å². The molecule has 0 aromatic carbocycles. The fourth-order valence-corrected chi connectivity index (χ4v) is 2.01. The topological polar surface area (TPSA) is 32.3 Å². The SMILES string of the molecule is CSC(C)CN[C@@H]1CCCC[C@H]1O. The van der Waals surface area contributed by atoms with E-state index in [9.17, 15) is 5.11 Å². The van der Waals surface area contributed by atoms with E-state index in [-0.39, 0.29) is 6.10 Å². The zero-order chi connectivity index (χ0) is 9.68. The molecular formula is C10H21NOS. The second kappa shape index (κ2) is 5.89. The fourth-order valence-electron chi connectivity index (χ4n) is 1.75. The van der Waals surface area contributed by atoms with Crippen LogP contribution in [0.1, 0.15) is 32.6 Å². The van der Waals surface area contributed by atoms with Crippen LogP contribution < -0.4 is 5.32 Å². The summed E-state index contributed by atoms with van der Waals surface area (Å²) in [7, 11) is 0. The Morgan fingerprint density at radius 2 is 2.15 bits per heavy atom. The Labute approximate surface area is 85.5 Å². The van der Waals surface area contributed by atoms with Crippen molar-refractivity contribution in [3.8, 4) is 0 Å². The molecule has 1 saturated carbocycles. The van der Waals surface area contributed by atoms with Crippen LogP contribution in [0.5, 0.6) is 0 Å². The van der Waals surface area contributed by atoms with Gasteiger partial charge in [-0.25, -0.2) is 0 Å². The zero-order valence-electron chi connectivity index (χ0n) is 8.62. The average Bonchev–Trinajstić information content (AvgIpc) is 2.16. The maximum atomic E-state index is 9.69. The molecule has 78 valence electrons. The van der Waals surface area contributed by atoms with Crippen LogP contribution in [0.15, 0.2) is 0 Å². The van der Waals surface area contributed by atoms with Crippen molar-refractivity contribution in [1.82, 2.24) is 5.32 Å². The predicted molar refractivity (Wildman–Crippen MR) is 59.2 cm³/mol. The first-order valence-corrected chi connectivity index (χ1v) is 6.47. The van der Waals surface area contributed by atoms with Gasteiger partial charge in [-0.2, -0.15) is 11.8 Å². The van der Waals surface area contributed by atoms with E-state index in [0.29, 0.717) is 11.3 Å². The third-order valence-corrected chi connectivity index (χ3v) is 3.77. The van der Waals surface area contributed by atoms with E-state index in [2.05, 4.69) is 18.5 Å². The minimum atomic E-state index is -0.109. The molecule has 1 aliphatic rings. The lowest BCUT2D eigenvalue weighted by Gasteiger charge is -2.29. The molecule has 0 bridgehead atoms. The standard InChI is InChI=1S/C10H21NOS/c1-8(13-2)7-11-9-5-3-4-6-10(9)12/h8-12H,3-7H2,1-2H3/t8?,9-,10-/m1/s1. The average molecular weight is 203 g/mol. The lowest BCUT2D eigenvalue weighted by atomic mass is 9.92. The molecule has 0 spiro atoms. The van der Waals surface area contributed by atoms with Crippen LogP contribution in [0, 0.1) is 0 Å². The van der Waals surface area contributed by atoms with Gasteiger partial charge in [0.2, 0.25) is 0 Å². The van der Waals surface area contributed by atoms with E-state index in [4.69, 9.17) is 0 Å². The summed E-state index contributed by atoms with van der Waals surface area (Å²) in [6, 6.07) is 0.350. The number of thioether (sulfide) groups is 1. The Bertz CT molecular complexity index is 143. The van der Waals surface area contributed by atoms with Gasteiger partial charge in [0.25, 0.3) is 0 Å². The molecule has 0 aliphatic heterocycles. The smallest absolute Gasteiger partial charge is 0.0693 e. The number of nitrogens with one attached hydrogen (secondary N) is 1. The first-order chi connectivity index (χ1) is 6.24. The molecule has 2 nitrogen and oxygen atoms in total. The summed E-state index contributed by atoms with van der Waals surface area (Å²) in [6.45, 7) is 3.23. The maximum Gasteiger partial charge on any atom is 0.0693 e. The summed E-state index contributed by atoms with van der Waals surface area (Å²) in [4.78, 5) is 0. The lowest BCUT2D eigenvalue weighted by molar-refractivity contribution is 0.0914. The van der Waals surface area contributed by atoms with Crippen LogP contribution in [0.4, 0.5) is 0 Å². The van der Waals surface area contributed by atoms with Crippen molar-refractivity contribution in [2.45, 2.75) is 50.0 Å². The first kappa shape index (κ1) is 11.3. The summed E-state index contributed by atoms with van der Waals surface area (Å²) in [5, 5.41) is 13.8. The molecular weight excluding hydrogens is 182 g/mol. The molecule has 0 aromatic rings. The van der Waals surface area contributed by atoms with Crippen molar-refractivity contribution >= 4 is 11.8 Å². The summed E-state index contributed by atoms with van der Waals surface area (Å²) in [6.07, 6.45) is 6.60. The van der Waals surface area contributed by atoms with Gasteiger partial charge in [0, 0.05) is 17.8 Å². The lowest BCUT2D eigenvalue weighted by Crippen LogP contribution is -2.44. The monoisotopic (exact) mass is 203 g/mol. The van der Waals surface area contributed by atoms with Gasteiger partial charge < -0.3 is 10.4 Å². The van der Waals surface area contributed by atoms with Gasteiger partial charge in [-0.3, -0.25) is 0 Å². The highest BCUT2D eigenvalue weighted by Crippen LogP contribution is 2.18. The molecule has 0 radical (unpaired) electrons. The maximum absolute atomic E-state index is 9.69. The first-order valence-electron chi connectivity index (χ1n) is 5.18. The highest BCUT2D eigenvalue weighted by Gasteiger charge is 2.22. The number of rotatable bonds is 4. The third kappa shape index (κ3) is 3.88. The second-order valence-electron chi connectivity index (χ2n) is 3.91. The second-order valence-corrected chi connectivity index (χ2v) is 5.19. The molecule has 1 aliphatic carbocycles. The van der Waals surface area contributed by atoms with E-state index in [0.717, 1.165) is 19.4 Å². The van der Waals surface area contributed by atoms with E-state index in [1.54, 1.807) is 0 Å². The Hall–Kier alpha value is 0.270. The summed E-state index contributed by atoms with van der Waals surface area (Å²) in [5.41, 5.74) is 0. The molecule has 0 aromatic heterocycles. The van der Waals surface area contributed by atoms with Gasteiger partial charge in [0.1, 0.15) is 0 Å². The van der Waals surface area contributed by atoms with Crippen molar-refractivity contribution in [3.05, 3.63) is 0 Å². The minimum Gasteiger partial charge on any atom is -0.392 e. The molecule has 13 heavy (non-hydrogen) atoms. The van der Waals surface area contributed by atoms with Crippen LogP contribution in [0.2, 0.25) is 0 Å². The van der Waals surface area contributed by atoms with Gasteiger partial charge in [-0.1, -0.05) is 19.8 Å². The van der Waals surface area contributed by atoms with Crippen LogP contribution in [0.3, 0.4) is 0 Å². The molecule has 1 rings (SSSR count). The van der Waals surface area contributed by atoms with Gasteiger partial charge >= 0.3 is 0 Å². The van der Waals surface area contributed by atoms with Crippen molar-refractivity contribution < 1.29 is 5.11 Å². The van der Waals surface area contributed by atoms with Crippen LogP contribution in [-0.4, -0.2) is 35.3 Å². The highest BCUT2D eigenvalue weighted by molar-refractivity contribution is 7.99. The quantitative estimate of drug-likeness (QED) is 0.728. The molecule has 0 amide bonds. The van der Waals surface area contributed by atoms with Gasteiger partial charge in [0.05, 0.1) is 6.10 Å². The minimum absolute atomic E-state index is 0.109. The van der Waals surface area contributed by atoms with Crippen molar-refractivity contribution in [2.24, 2.45) is 0 Å². The van der Waals surface area contributed by atoms with E-state index >= 15 is 0 Å². The largest absolute Gasteiger partial charge is 0.392 e. The Morgan fingerprint density at radius 3 is 2.77 bits per heavy atom. The summed E-state index contributed by atoms with van der Waals surface area (Å²) < 4.78 is 0. The molecule has 2 N–H and O–H groups in total. The van der Waals surface area contributed by atoms with Crippen LogP contribution in [-0.2, 0) is 0 Å². The Kier molecular flexibility index (Phi) is 5.14. The summed E-state index contributed by atoms with van der Waals surface area (Å²) in [5.74, 6) is 0. The third-order valence-electron chi connectivity index (χ3n) is 2.80. The number of aliphatic hydroxyl groups is 1. The summed E-state index contributed by atoms with van der Waals surface area (Å²) >= 11 is 1.87. The molecule has 0 heterocycles. The number of aliphatic hydroxyl groups excluding tert-OH is 1. The highest BCUT2D eigenvalue weighted by atomic mass is 32.2. The van der Waals surface area contributed by atoms with Crippen molar-refractivity contribution in [2.75, 3.05) is 12.8 Å². The molecule has 1 unspecified atom stereocenters. The predicted octanol–water partition coefficient (Wildman–Crippen LogP) is 1.63. The molecule has 3 heteroatoms. The van der Waals surface area contributed by atoms with Gasteiger partial charge in [-0.15, -0.1) is 0 Å². The fraction of sp³-hybridized carbons (Fsp3) is 1.00. The Balaban J connectivity index is 2.18. The van der Waals surface area contributed by atoms with Gasteiger partial charge in [0.15, 0.2) is 0 Å². The van der Waals surface area contributed by atoms with Crippen molar-refractivity contribution in [3.63, 3.8) is 0 Å². The molecule has 0 saturated heterocycles. The van der Waals surface area contributed by atoms with Crippen molar-refractivity contribution in [1.29, 1.82) is 0 Å². The number of hydrogen-bond donors (Lipinski definition) is 2. The molecule has 3 atom stereocenters. The molecule has 1 fully saturated rings. The van der Waals surface area contributed by atoms with E-state index < -0.39 is 0 Å². The number of hydrogen-bond acceptors (Lipinski definition) is 3. The van der Waals surface area contributed by atoms with Crippen LogP contribution >= 0.6 is 11.8 Å². The zero-order valence-corrected chi connectivity index (χ0v) is 9.44. The van der Waals surface area contributed by atoms with E-state index in [1.165, 1.54) is 12.8 Å².